The average molecular weight is 404 g/mol. The summed E-state index contributed by atoms with van der Waals surface area (Å²) in [7, 11) is -1.08. The Bertz CT molecular complexity index is 988. The summed E-state index contributed by atoms with van der Waals surface area (Å²) in [4.78, 5) is 12.8. The number of carbonyl (C=O) groups excluding carboxylic acids is 1. The van der Waals surface area contributed by atoms with Crippen molar-refractivity contribution in [3.05, 3.63) is 48.0 Å². The number of benzene rings is 2. The van der Waals surface area contributed by atoms with E-state index in [4.69, 9.17) is 9.47 Å². The van der Waals surface area contributed by atoms with Gasteiger partial charge in [-0.05, 0) is 37.6 Å². The molecule has 1 atom stereocenters. The van der Waals surface area contributed by atoms with E-state index < -0.39 is 16.1 Å². The molecule has 0 aliphatic carbocycles. The maximum atomic E-state index is 13.5. The van der Waals surface area contributed by atoms with Gasteiger partial charge in [-0.1, -0.05) is 18.2 Å². The van der Waals surface area contributed by atoms with E-state index in [9.17, 15) is 13.2 Å². The summed E-state index contributed by atoms with van der Waals surface area (Å²) < 4.78 is 38.7. The van der Waals surface area contributed by atoms with Crippen LogP contribution in [0.2, 0.25) is 0 Å². The van der Waals surface area contributed by atoms with Gasteiger partial charge in [0.1, 0.15) is 6.04 Å². The minimum atomic E-state index is -4.00. The summed E-state index contributed by atoms with van der Waals surface area (Å²) in [6.07, 6.45) is 0.321. The van der Waals surface area contributed by atoms with Crippen molar-refractivity contribution in [2.75, 3.05) is 18.5 Å². The van der Waals surface area contributed by atoms with Gasteiger partial charge >= 0.3 is 0 Å². The maximum Gasteiger partial charge on any atom is 0.265 e. The second kappa shape index (κ2) is 7.71. The second-order valence-corrected chi connectivity index (χ2v) is 8.64. The Morgan fingerprint density at radius 2 is 1.79 bits per heavy atom. The van der Waals surface area contributed by atoms with E-state index in [-0.39, 0.29) is 16.8 Å². The fourth-order valence-corrected chi connectivity index (χ4v) is 4.99. The molecule has 0 spiro atoms. The first kappa shape index (κ1) is 20.0. The highest BCUT2D eigenvalue weighted by Crippen LogP contribution is 2.38. The smallest absolute Gasteiger partial charge is 0.265 e. The molecular weight excluding hydrogens is 380 g/mol. The number of amides is 1. The Kier molecular flexibility index (Phi) is 5.51. The van der Waals surface area contributed by atoms with Gasteiger partial charge in [-0.3, -0.25) is 9.10 Å². The minimum absolute atomic E-state index is 0.0317. The molecule has 2 aromatic rings. The third kappa shape index (κ3) is 3.52. The average Bonchev–Trinajstić information content (AvgIpc) is 3.07. The fourth-order valence-electron chi connectivity index (χ4n) is 3.33. The predicted molar refractivity (Wildman–Crippen MR) is 106 cm³/mol. The lowest BCUT2D eigenvalue weighted by molar-refractivity contribution is -0.122. The van der Waals surface area contributed by atoms with E-state index in [1.165, 1.54) is 36.7 Å². The van der Waals surface area contributed by atoms with Crippen LogP contribution in [0.3, 0.4) is 0 Å². The zero-order valence-electron chi connectivity index (χ0n) is 16.3. The number of ether oxygens (including phenoxy) is 2. The first-order valence-corrected chi connectivity index (χ1v) is 10.4. The molecule has 3 rings (SSSR count). The molecule has 1 aliphatic heterocycles. The standard InChI is InChI=1S/C20H24N2O5S/c1-13(2)21-20(23)17-11-14-7-5-6-8-16(14)22(17)28(24,25)15-9-10-18(26-3)19(12-15)27-4/h5-10,12-13,17H,11H2,1-4H3,(H,21,23). The molecule has 1 unspecified atom stereocenters. The number of nitrogens with zero attached hydrogens (tertiary/aromatic N) is 1. The Morgan fingerprint density at radius 1 is 1.11 bits per heavy atom. The van der Waals surface area contributed by atoms with Gasteiger partial charge in [-0.25, -0.2) is 8.42 Å². The quantitative estimate of drug-likeness (QED) is 0.799. The van der Waals surface area contributed by atoms with Crippen molar-refractivity contribution in [2.24, 2.45) is 0 Å². The number of nitrogens with one attached hydrogen (secondary N) is 1. The Morgan fingerprint density at radius 3 is 2.43 bits per heavy atom. The number of para-hydroxylation sites is 1. The van der Waals surface area contributed by atoms with Gasteiger partial charge in [0.15, 0.2) is 11.5 Å². The highest BCUT2D eigenvalue weighted by Gasteiger charge is 2.42. The highest BCUT2D eigenvalue weighted by molar-refractivity contribution is 7.93. The number of carbonyl (C=O) groups is 1. The van der Waals surface area contributed by atoms with E-state index in [0.717, 1.165) is 5.56 Å². The van der Waals surface area contributed by atoms with Gasteiger partial charge in [0, 0.05) is 18.5 Å². The number of methoxy groups -OCH3 is 2. The van der Waals surface area contributed by atoms with Gasteiger partial charge in [0.25, 0.3) is 10.0 Å². The third-order valence-electron chi connectivity index (χ3n) is 4.57. The lowest BCUT2D eigenvalue weighted by Crippen LogP contribution is -2.49. The number of fused-ring (bicyclic) bond motifs is 1. The van der Waals surface area contributed by atoms with Gasteiger partial charge in [0.05, 0.1) is 24.8 Å². The van der Waals surface area contributed by atoms with Crippen molar-refractivity contribution >= 4 is 21.6 Å². The van der Waals surface area contributed by atoms with Crippen LogP contribution in [0.4, 0.5) is 5.69 Å². The first-order valence-electron chi connectivity index (χ1n) is 8.94. The summed E-state index contributed by atoms with van der Waals surface area (Å²) in [6, 6.07) is 10.6. The van der Waals surface area contributed by atoms with Crippen LogP contribution in [-0.4, -0.2) is 40.6 Å². The molecule has 0 aromatic heterocycles. The zero-order chi connectivity index (χ0) is 20.5. The second-order valence-electron chi connectivity index (χ2n) is 6.83. The first-order chi connectivity index (χ1) is 13.3. The maximum absolute atomic E-state index is 13.5. The molecule has 1 aliphatic rings. The van der Waals surface area contributed by atoms with Crippen molar-refractivity contribution in [1.29, 1.82) is 0 Å². The third-order valence-corrected chi connectivity index (χ3v) is 6.39. The molecule has 150 valence electrons. The number of rotatable bonds is 6. The minimum Gasteiger partial charge on any atom is -0.493 e. The summed E-state index contributed by atoms with van der Waals surface area (Å²) in [5, 5.41) is 2.82. The summed E-state index contributed by atoms with van der Waals surface area (Å²) in [5.74, 6) is 0.409. The molecule has 0 saturated carbocycles. The largest absolute Gasteiger partial charge is 0.493 e. The molecular formula is C20H24N2O5S. The van der Waals surface area contributed by atoms with E-state index in [1.807, 2.05) is 26.0 Å². The van der Waals surface area contributed by atoms with Crippen LogP contribution in [0.15, 0.2) is 47.4 Å². The van der Waals surface area contributed by atoms with Gasteiger partial charge in [-0.2, -0.15) is 0 Å². The molecule has 1 heterocycles. The van der Waals surface area contributed by atoms with Crippen LogP contribution in [0.5, 0.6) is 11.5 Å². The number of hydrogen-bond donors (Lipinski definition) is 1. The monoisotopic (exact) mass is 404 g/mol. The van der Waals surface area contributed by atoms with Crippen molar-refractivity contribution in [2.45, 2.75) is 37.2 Å². The van der Waals surface area contributed by atoms with Crippen LogP contribution >= 0.6 is 0 Å². The predicted octanol–water partition coefficient (Wildman–Crippen LogP) is 2.35. The van der Waals surface area contributed by atoms with Gasteiger partial charge in [0.2, 0.25) is 5.91 Å². The lowest BCUT2D eigenvalue weighted by atomic mass is 10.1. The Hall–Kier alpha value is -2.74. The van der Waals surface area contributed by atoms with Crippen LogP contribution in [0, 0.1) is 0 Å². The van der Waals surface area contributed by atoms with Crippen molar-refractivity contribution in [1.82, 2.24) is 5.32 Å². The number of anilines is 1. The zero-order valence-corrected chi connectivity index (χ0v) is 17.1. The molecule has 1 amide bonds. The summed E-state index contributed by atoms with van der Waals surface area (Å²) >= 11 is 0. The van der Waals surface area contributed by atoms with Gasteiger partial charge in [-0.15, -0.1) is 0 Å². The molecule has 1 N–H and O–H groups in total. The topological polar surface area (TPSA) is 84.9 Å². The molecule has 7 nitrogen and oxygen atoms in total. The number of sulfonamides is 1. The molecule has 0 saturated heterocycles. The summed E-state index contributed by atoms with van der Waals surface area (Å²) in [5.41, 5.74) is 1.33. The van der Waals surface area contributed by atoms with Crippen LogP contribution < -0.4 is 19.1 Å². The fraction of sp³-hybridized carbons (Fsp3) is 0.350. The van der Waals surface area contributed by atoms with E-state index >= 15 is 0 Å². The van der Waals surface area contributed by atoms with Crippen molar-refractivity contribution < 1.29 is 22.7 Å². The van der Waals surface area contributed by atoms with E-state index in [1.54, 1.807) is 12.1 Å². The van der Waals surface area contributed by atoms with Gasteiger partial charge < -0.3 is 14.8 Å². The normalized spacial score (nSPS) is 16.0. The molecule has 0 radical (unpaired) electrons. The molecule has 8 heteroatoms. The van der Waals surface area contributed by atoms with Crippen molar-refractivity contribution in [3.8, 4) is 11.5 Å². The van der Waals surface area contributed by atoms with E-state index in [2.05, 4.69) is 5.32 Å². The van der Waals surface area contributed by atoms with E-state index in [0.29, 0.717) is 23.6 Å². The molecule has 28 heavy (non-hydrogen) atoms. The lowest BCUT2D eigenvalue weighted by Gasteiger charge is -2.27. The van der Waals surface area contributed by atoms with Crippen LogP contribution in [0.1, 0.15) is 19.4 Å². The highest BCUT2D eigenvalue weighted by atomic mass is 32.2. The molecule has 2 aromatic carbocycles. The van der Waals surface area contributed by atoms with Crippen LogP contribution in [-0.2, 0) is 21.2 Å². The SMILES string of the molecule is COc1ccc(S(=O)(=O)N2c3ccccc3CC2C(=O)NC(C)C)cc1OC. The number of hydrogen-bond acceptors (Lipinski definition) is 5. The summed E-state index contributed by atoms with van der Waals surface area (Å²) in [6.45, 7) is 3.68. The van der Waals surface area contributed by atoms with Crippen molar-refractivity contribution in [3.63, 3.8) is 0 Å². The Labute approximate surface area is 165 Å². The molecule has 0 fully saturated rings. The van der Waals surface area contributed by atoms with Crippen LogP contribution in [0.25, 0.3) is 0 Å². The Balaban J connectivity index is 2.10. The molecule has 0 bridgehead atoms.